The molecule has 3 rings (SSSR count). The van der Waals surface area contributed by atoms with Gasteiger partial charge in [-0.15, -0.1) is 11.8 Å². The number of imidazole rings is 1. The SMILES string of the molecule is CC.Cc1c(SC2CCN(C)CC2)ccc2[nH]c(=S)n(C(C)C)c12. The second kappa shape index (κ2) is 8.54. The summed E-state index contributed by atoms with van der Waals surface area (Å²) in [6, 6.07) is 4.83. The summed E-state index contributed by atoms with van der Waals surface area (Å²) in [7, 11) is 2.22. The molecule has 1 N–H and O–H groups in total. The summed E-state index contributed by atoms with van der Waals surface area (Å²) in [5, 5.41) is 0.738. The maximum atomic E-state index is 5.50. The lowest BCUT2D eigenvalue weighted by molar-refractivity contribution is 0.282. The Morgan fingerprint density at radius 1 is 1.21 bits per heavy atom. The predicted octanol–water partition coefficient (Wildman–Crippen LogP) is 5.80. The molecule has 134 valence electrons. The number of aryl methyl sites for hydroxylation is 1. The molecule has 0 saturated carbocycles. The van der Waals surface area contributed by atoms with Crippen LogP contribution in [-0.2, 0) is 0 Å². The Morgan fingerprint density at radius 3 is 2.42 bits per heavy atom. The molecule has 1 saturated heterocycles. The quantitative estimate of drug-likeness (QED) is 0.695. The Balaban J connectivity index is 0.00000100. The van der Waals surface area contributed by atoms with Gasteiger partial charge in [0.25, 0.3) is 0 Å². The molecule has 5 heteroatoms. The van der Waals surface area contributed by atoms with Crippen molar-refractivity contribution in [1.29, 1.82) is 0 Å². The maximum absolute atomic E-state index is 5.50. The van der Waals surface area contributed by atoms with Crippen molar-refractivity contribution in [3.63, 3.8) is 0 Å². The predicted molar refractivity (Wildman–Crippen MR) is 110 cm³/mol. The molecule has 2 aromatic rings. The summed E-state index contributed by atoms with van der Waals surface area (Å²) >= 11 is 7.55. The van der Waals surface area contributed by atoms with Crippen LogP contribution in [0.3, 0.4) is 0 Å². The molecular formula is C19H31N3S2. The number of fused-ring (bicyclic) bond motifs is 1. The van der Waals surface area contributed by atoms with Crippen LogP contribution in [0.1, 0.15) is 52.1 Å². The third kappa shape index (κ3) is 4.06. The number of likely N-dealkylation sites (tertiary alicyclic amines) is 1. The molecule has 0 atom stereocenters. The van der Waals surface area contributed by atoms with Crippen LogP contribution in [0.15, 0.2) is 17.0 Å². The molecular weight excluding hydrogens is 334 g/mol. The van der Waals surface area contributed by atoms with Gasteiger partial charge in [0.05, 0.1) is 11.0 Å². The largest absolute Gasteiger partial charge is 0.331 e. The van der Waals surface area contributed by atoms with Gasteiger partial charge >= 0.3 is 0 Å². The summed E-state index contributed by atoms with van der Waals surface area (Å²) in [5.74, 6) is 0. The summed E-state index contributed by atoms with van der Waals surface area (Å²) in [6.07, 6.45) is 2.56. The lowest BCUT2D eigenvalue weighted by Gasteiger charge is -2.28. The van der Waals surface area contributed by atoms with Crippen molar-refractivity contribution in [2.75, 3.05) is 20.1 Å². The zero-order chi connectivity index (χ0) is 17.9. The third-order valence-electron chi connectivity index (χ3n) is 4.56. The van der Waals surface area contributed by atoms with E-state index in [0.717, 1.165) is 15.5 Å². The second-order valence-electron chi connectivity index (χ2n) is 6.60. The van der Waals surface area contributed by atoms with Crippen LogP contribution in [0.2, 0.25) is 0 Å². The Bertz CT molecular complexity index is 722. The van der Waals surface area contributed by atoms with E-state index in [0.29, 0.717) is 6.04 Å². The number of aromatic nitrogens is 2. The monoisotopic (exact) mass is 365 g/mol. The van der Waals surface area contributed by atoms with Gasteiger partial charge in [-0.25, -0.2) is 0 Å². The highest BCUT2D eigenvalue weighted by Crippen LogP contribution is 2.35. The molecule has 0 amide bonds. The fourth-order valence-corrected chi connectivity index (χ4v) is 4.91. The van der Waals surface area contributed by atoms with Crippen molar-refractivity contribution in [1.82, 2.24) is 14.5 Å². The van der Waals surface area contributed by atoms with E-state index in [1.165, 1.54) is 41.9 Å². The van der Waals surface area contributed by atoms with Gasteiger partial charge in [-0.2, -0.15) is 0 Å². The molecule has 0 bridgehead atoms. The van der Waals surface area contributed by atoms with Gasteiger partial charge < -0.3 is 14.5 Å². The molecule has 0 radical (unpaired) electrons. The smallest absolute Gasteiger partial charge is 0.178 e. The molecule has 2 heterocycles. The van der Waals surface area contributed by atoms with Crippen molar-refractivity contribution >= 4 is 35.0 Å². The van der Waals surface area contributed by atoms with E-state index >= 15 is 0 Å². The lowest BCUT2D eigenvalue weighted by atomic mass is 10.1. The van der Waals surface area contributed by atoms with Crippen LogP contribution < -0.4 is 0 Å². The van der Waals surface area contributed by atoms with Gasteiger partial charge in [-0.3, -0.25) is 0 Å². The van der Waals surface area contributed by atoms with E-state index < -0.39 is 0 Å². The van der Waals surface area contributed by atoms with E-state index in [9.17, 15) is 0 Å². The first-order valence-corrected chi connectivity index (χ1v) is 10.3. The van der Waals surface area contributed by atoms with Crippen LogP contribution in [0.4, 0.5) is 0 Å². The van der Waals surface area contributed by atoms with Crippen molar-refractivity contribution in [3.05, 3.63) is 22.5 Å². The molecule has 1 aliphatic heterocycles. The minimum absolute atomic E-state index is 0.378. The highest BCUT2D eigenvalue weighted by Gasteiger charge is 2.20. The normalized spacial score (nSPS) is 16.5. The zero-order valence-corrected chi connectivity index (χ0v) is 17.5. The van der Waals surface area contributed by atoms with Gasteiger partial charge in [-0.1, -0.05) is 13.8 Å². The van der Waals surface area contributed by atoms with Gasteiger partial charge in [0.1, 0.15) is 0 Å². The Morgan fingerprint density at radius 2 is 1.83 bits per heavy atom. The molecule has 3 nitrogen and oxygen atoms in total. The van der Waals surface area contributed by atoms with E-state index in [1.54, 1.807) is 0 Å². The fraction of sp³-hybridized carbons (Fsp3) is 0.632. The first-order valence-electron chi connectivity index (χ1n) is 9.06. The number of hydrogen-bond acceptors (Lipinski definition) is 3. The maximum Gasteiger partial charge on any atom is 0.178 e. The Kier molecular flexibility index (Phi) is 6.96. The number of rotatable bonds is 3. The molecule has 0 unspecified atom stereocenters. The van der Waals surface area contributed by atoms with E-state index in [-0.39, 0.29) is 0 Å². The van der Waals surface area contributed by atoms with Crippen molar-refractivity contribution in [3.8, 4) is 0 Å². The van der Waals surface area contributed by atoms with Crippen molar-refractivity contribution < 1.29 is 0 Å². The number of thioether (sulfide) groups is 1. The van der Waals surface area contributed by atoms with Gasteiger partial charge in [0, 0.05) is 16.2 Å². The van der Waals surface area contributed by atoms with E-state index in [4.69, 9.17) is 12.2 Å². The Hall–Kier alpha value is -0.780. The highest BCUT2D eigenvalue weighted by molar-refractivity contribution is 8.00. The van der Waals surface area contributed by atoms with Crippen LogP contribution in [0.5, 0.6) is 0 Å². The molecule has 1 aliphatic rings. The van der Waals surface area contributed by atoms with Crippen LogP contribution in [0.25, 0.3) is 11.0 Å². The number of hydrogen-bond donors (Lipinski definition) is 1. The number of piperidine rings is 1. The van der Waals surface area contributed by atoms with Crippen LogP contribution in [-0.4, -0.2) is 39.8 Å². The number of nitrogens with zero attached hydrogens (tertiary/aromatic N) is 2. The number of benzene rings is 1. The average molecular weight is 366 g/mol. The average Bonchev–Trinajstić information content (AvgIpc) is 2.91. The number of H-pyrrole nitrogens is 1. The van der Waals surface area contributed by atoms with Crippen molar-refractivity contribution in [2.24, 2.45) is 0 Å². The Labute approximate surface area is 155 Å². The van der Waals surface area contributed by atoms with Gasteiger partial charge in [0.15, 0.2) is 4.77 Å². The first kappa shape index (κ1) is 19.5. The van der Waals surface area contributed by atoms with E-state index in [2.05, 4.69) is 54.4 Å². The molecule has 1 aromatic carbocycles. The summed E-state index contributed by atoms with van der Waals surface area (Å²) in [6.45, 7) is 13.1. The van der Waals surface area contributed by atoms with Crippen LogP contribution in [0, 0.1) is 11.7 Å². The zero-order valence-electron chi connectivity index (χ0n) is 15.8. The van der Waals surface area contributed by atoms with E-state index in [1.807, 2.05) is 25.6 Å². The molecule has 24 heavy (non-hydrogen) atoms. The molecule has 0 spiro atoms. The number of aromatic amines is 1. The van der Waals surface area contributed by atoms with Crippen LogP contribution >= 0.6 is 24.0 Å². The second-order valence-corrected chi connectivity index (χ2v) is 8.33. The third-order valence-corrected chi connectivity index (χ3v) is 6.36. The summed E-state index contributed by atoms with van der Waals surface area (Å²) < 4.78 is 3.08. The standard InChI is InChI=1S/C17H25N3S2.C2H6/c1-11(2)20-16-12(3)15(6-5-14(16)18-17(20)21)22-13-7-9-19(4)10-8-13;1-2/h5-6,11,13H,7-10H2,1-4H3,(H,18,21);1-2H3. The highest BCUT2D eigenvalue weighted by atomic mass is 32.2. The molecule has 0 aliphatic carbocycles. The summed E-state index contributed by atoms with van der Waals surface area (Å²) in [5.41, 5.74) is 3.80. The first-order chi connectivity index (χ1) is 11.5. The topological polar surface area (TPSA) is 24.0 Å². The number of nitrogens with one attached hydrogen (secondary N) is 1. The lowest BCUT2D eigenvalue weighted by Crippen LogP contribution is -2.31. The molecule has 1 aromatic heterocycles. The minimum Gasteiger partial charge on any atom is -0.331 e. The van der Waals surface area contributed by atoms with Gasteiger partial charge in [0.2, 0.25) is 0 Å². The molecule has 1 fully saturated rings. The fourth-order valence-electron chi connectivity index (χ4n) is 3.27. The van der Waals surface area contributed by atoms with Gasteiger partial charge in [-0.05, 0) is 83.7 Å². The summed E-state index contributed by atoms with van der Waals surface area (Å²) in [4.78, 5) is 7.18. The minimum atomic E-state index is 0.378. The van der Waals surface area contributed by atoms with Crippen molar-refractivity contribution in [2.45, 2.75) is 63.6 Å².